The first kappa shape index (κ1) is 12.8. The van der Waals surface area contributed by atoms with Crippen molar-refractivity contribution in [2.75, 3.05) is 0 Å². The lowest BCUT2D eigenvalue weighted by Gasteiger charge is -2.00. The molecule has 3 N–H and O–H groups in total. The van der Waals surface area contributed by atoms with Gasteiger partial charge in [0.25, 0.3) is 0 Å². The summed E-state index contributed by atoms with van der Waals surface area (Å²) < 4.78 is 0. The second-order valence-electron chi connectivity index (χ2n) is 4.50. The van der Waals surface area contributed by atoms with Gasteiger partial charge in [-0.1, -0.05) is 12.0 Å². The van der Waals surface area contributed by atoms with Gasteiger partial charge in [-0.05, 0) is 30.5 Å². The summed E-state index contributed by atoms with van der Waals surface area (Å²) in [6, 6.07) is 5.17. The van der Waals surface area contributed by atoms with Gasteiger partial charge in [0, 0.05) is 11.1 Å². The van der Waals surface area contributed by atoms with Crippen molar-refractivity contribution >= 4 is 17.1 Å². The van der Waals surface area contributed by atoms with E-state index in [4.69, 9.17) is 5.73 Å². The third kappa shape index (κ3) is 2.58. The third-order valence-corrected chi connectivity index (χ3v) is 3.00. The number of aromatic nitrogens is 4. The molecule has 0 atom stereocenters. The van der Waals surface area contributed by atoms with Crippen LogP contribution in [0.4, 0.5) is 0 Å². The largest absolute Gasteiger partial charge is 0.366 e. The second-order valence-corrected chi connectivity index (χ2v) is 4.50. The van der Waals surface area contributed by atoms with Gasteiger partial charge in [-0.2, -0.15) is 5.10 Å². The number of carbonyl (C=O) groups is 1. The first-order valence-corrected chi connectivity index (χ1v) is 6.22. The topological polar surface area (TPSA) is 97.6 Å². The van der Waals surface area contributed by atoms with Crippen LogP contribution in [0.5, 0.6) is 0 Å². The molecule has 2 heterocycles. The van der Waals surface area contributed by atoms with Crippen molar-refractivity contribution in [3.8, 4) is 11.8 Å². The summed E-state index contributed by atoms with van der Waals surface area (Å²) in [6.45, 7) is 1.92. The van der Waals surface area contributed by atoms with Crippen LogP contribution in [0.1, 0.15) is 27.2 Å². The molecular formula is C15H11N5O. The number of rotatable bonds is 1. The molecule has 1 aromatic carbocycles. The minimum Gasteiger partial charge on any atom is -0.366 e. The van der Waals surface area contributed by atoms with Gasteiger partial charge in [-0.25, -0.2) is 9.97 Å². The Morgan fingerprint density at radius 3 is 2.95 bits per heavy atom. The molecule has 0 aliphatic carbocycles. The lowest BCUT2D eigenvalue weighted by atomic mass is 10.0. The van der Waals surface area contributed by atoms with E-state index in [1.165, 1.54) is 0 Å². The Balaban J connectivity index is 1.99. The molecule has 0 fully saturated rings. The molecule has 6 nitrogen and oxygen atoms in total. The molecule has 3 rings (SSSR count). The molecular weight excluding hydrogens is 266 g/mol. The minimum atomic E-state index is -0.474. The van der Waals surface area contributed by atoms with Crippen LogP contribution in [0.25, 0.3) is 11.2 Å². The molecule has 0 unspecified atom stereocenters. The van der Waals surface area contributed by atoms with E-state index in [0.29, 0.717) is 22.4 Å². The zero-order valence-corrected chi connectivity index (χ0v) is 11.2. The zero-order chi connectivity index (χ0) is 14.8. The van der Waals surface area contributed by atoms with Gasteiger partial charge in [0.15, 0.2) is 5.65 Å². The molecule has 6 heteroatoms. The average molecular weight is 277 g/mol. The number of benzene rings is 1. The second kappa shape index (κ2) is 5.06. The Bertz CT molecular complexity index is 901. The normalized spacial score (nSPS) is 10.1. The SMILES string of the molecule is Cc1ccc(C(N)=O)cc1C#Cc1cnc2[nH]ncc2n1. The van der Waals surface area contributed by atoms with Gasteiger partial charge >= 0.3 is 0 Å². The highest BCUT2D eigenvalue weighted by Gasteiger charge is 2.03. The maximum absolute atomic E-state index is 11.2. The van der Waals surface area contributed by atoms with Crippen molar-refractivity contribution in [1.82, 2.24) is 20.2 Å². The number of carbonyl (C=O) groups excluding carboxylic acids is 1. The maximum atomic E-state index is 11.2. The van der Waals surface area contributed by atoms with Crippen LogP contribution in [-0.4, -0.2) is 26.1 Å². The summed E-state index contributed by atoms with van der Waals surface area (Å²) in [7, 11) is 0. The number of nitrogens with one attached hydrogen (secondary N) is 1. The van der Waals surface area contributed by atoms with Crippen LogP contribution in [0, 0.1) is 18.8 Å². The number of fused-ring (bicyclic) bond motifs is 1. The number of H-pyrrole nitrogens is 1. The molecule has 0 saturated carbocycles. The van der Waals surface area contributed by atoms with Gasteiger partial charge in [-0.3, -0.25) is 9.89 Å². The van der Waals surface area contributed by atoms with Crippen LogP contribution in [0.3, 0.4) is 0 Å². The number of hydrogen-bond acceptors (Lipinski definition) is 4. The fourth-order valence-corrected chi connectivity index (χ4v) is 1.84. The van der Waals surface area contributed by atoms with E-state index in [1.54, 1.807) is 24.5 Å². The molecule has 21 heavy (non-hydrogen) atoms. The zero-order valence-electron chi connectivity index (χ0n) is 11.2. The van der Waals surface area contributed by atoms with Crippen molar-refractivity contribution in [1.29, 1.82) is 0 Å². The lowest BCUT2D eigenvalue weighted by molar-refractivity contribution is 0.100. The van der Waals surface area contributed by atoms with Crippen molar-refractivity contribution in [3.05, 3.63) is 53.0 Å². The predicted molar refractivity (Wildman–Crippen MR) is 77.4 cm³/mol. The average Bonchev–Trinajstić information content (AvgIpc) is 2.93. The summed E-state index contributed by atoms with van der Waals surface area (Å²) in [4.78, 5) is 19.7. The molecule has 0 saturated heterocycles. The van der Waals surface area contributed by atoms with Crippen LogP contribution < -0.4 is 5.73 Å². The summed E-state index contributed by atoms with van der Waals surface area (Å²) in [5.41, 5.74) is 9.21. The number of hydrogen-bond donors (Lipinski definition) is 2. The Morgan fingerprint density at radius 2 is 2.14 bits per heavy atom. The Morgan fingerprint density at radius 1 is 1.29 bits per heavy atom. The van der Waals surface area contributed by atoms with Gasteiger partial charge in [0.1, 0.15) is 11.2 Å². The van der Waals surface area contributed by atoms with Crippen LogP contribution in [0.15, 0.2) is 30.6 Å². The molecule has 0 aliphatic heterocycles. The molecule has 2 aromatic heterocycles. The highest BCUT2D eigenvalue weighted by atomic mass is 16.1. The predicted octanol–water partition coefficient (Wildman–Crippen LogP) is 1.16. The first-order valence-electron chi connectivity index (χ1n) is 6.22. The summed E-state index contributed by atoms with van der Waals surface area (Å²) in [5.74, 6) is 5.45. The molecule has 102 valence electrons. The number of amides is 1. The molecule has 0 bridgehead atoms. The van der Waals surface area contributed by atoms with Crippen molar-refractivity contribution in [2.45, 2.75) is 6.92 Å². The summed E-state index contributed by atoms with van der Waals surface area (Å²) in [6.07, 6.45) is 3.16. The number of aromatic amines is 1. The van der Waals surface area contributed by atoms with Crippen molar-refractivity contribution < 1.29 is 4.79 Å². The first-order chi connectivity index (χ1) is 10.1. The quantitative estimate of drug-likeness (QED) is 0.652. The van der Waals surface area contributed by atoms with E-state index in [-0.39, 0.29) is 0 Å². The number of primary amides is 1. The van der Waals surface area contributed by atoms with Gasteiger partial charge in [0.2, 0.25) is 5.91 Å². The van der Waals surface area contributed by atoms with Crippen molar-refractivity contribution in [2.24, 2.45) is 5.73 Å². The van der Waals surface area contributed by atoms with Crippen LogP contribution in [-0.2, 0) is 0 Å². The van der Waals surface area contributed by atoms with E-state index in [2.05, 4.69) is 32.0 Å². The summed E-state index contributed by atoms with van der Waals surface area (Å²) in [5, 5.41) is 6.58. The Kier molecular flexibility index (Phi) is 3.09. The van der Waals surface area contributed by atoms with Gasteiger partial charge in [0.05, 0.1) is 12.4 Å². The number of nitrogens with two attached hydrogens (primary N) is 1. The molecule has 1 amide bonds. The Hall–Kier alpha value is -3.20. The summed E-state index contributed by atoms with van der Waals surface area (Å²) >= 11 is 0. The molecule has 0 radical (unpaired) electrons. The number of aryl methyl sites for hydroxylation is 1. The maximum Gasteiger partial charge on any atom is 0.248 e. The third-order valence-electron chi connectivity index (χ3n) is 3.00. The molecule has 0 spiro atoms. The standard InChI is InChI=1S/C15H11N5O/c1-9-2-3-11(14(16)21)6-10(9)4-5-12-7-17-15-13(19-12)8-18-20-15/h2-3,6-8H,1H3,(H2,16,21)(H,17,18,20). The van der Waals surface area contributed by atoms with Crippen molar-refractivity contribution in [3.63, 3.8) is 0 Å². The Labute approximate surface area is 120 Å². The smallest absolute Gasteiger partial charge is 0.248 e. The van der Waals surface area contributed by atoms with E-state index in [0.717, 1.165) is 11.1 Å². The number of nitrogens with zero attached hydrogens (tertiary/aromatic N) is 3. The fourth-order valence-electron chi connectivity index (χ4n) is 1.84. The van der Waals surface area contributed by atoms with Gasteiger partial charge in [-0.15, -0.1) is 0 Å². The molecule has 3 aromatic rings. The highest BCUT2D eigenvalue weighted by Crippen LogP contribution is 2.10. The van der Waals surface area contributed by atoms with Crippen LogP contribution >= 0.6 is 0 Å². The van der Waals surface area contributed by atoms with E-state index < -0.39 is 5.91 Å². The van der Waals surface area contributed by atoms with Gasteiger partial charge < -0.3 is 5.73 Å². The highest BCUT2D eigenvalue weighted by molar-refractivity contribution is 5.93. The van der Waals surface area contributed by atoms with E-state index >= 15 is 0 Å². The molecule has 0 aliphatic rings. The van der Waals surface area contributed by atoms with Crippen LogP contribution in [0.2, 0.25) is 0 Å². The lowest BCUT2D eigenvalue weighted by Crippen LogP contribution is -2.11. The fraction of sp³-hybridized carbons (Fsp3) is 0.0667. The van der Waals surface area contributed by atoms with E-state index in [9.17, 15) is 4.79 Å². The monoisotopic (exact) mass is 277 g/mol. The van der Waals surface area contributed by atoms with E-state index in [1.807, 2.05) is 13.0 Å². The minimum absolute atomic E-state index is 0.432.